The third-order valence-electron chi connectivity index (χ3n) is 3.23. The van der Waals surface area contributed by atoms with Crippen LogP contribution in [0.15, 0.2) is 28.4 Å². The van der Waals surface area contributed by atoms with E-state index in [0.717, 1.165) is 11.3 Å². The average molecular weight is 204 g/mol. The Kier molecular flexibility index (Phi) is 2.25. The molecule has 2 heterocycles. The molecule has 0 aliphatic carbocycles. The van der Waals surface area contributed by atoms with Gasteiger partial charge in [0.1, 0.15) is 0 Å². The van der Waals surface area contributed by atoms with Crippen molar-refractivity contribution in [3.8, 4) is 0 Å². The van der Waals surface area contributed by atoms with Crippen molar-refractivity contribution in [2.75, 3.05) is 0 Å². The molecule has 0 bridgehead atoms. The fraction of sp³-hybridized carbons (Fsp3) is 0.500. The summed E-state index contributed by atoms with van der Waals surface area (Å²) in [5.74, 6) is 0.505. The largest absolute Gasteiger partial charge is 0.324 e. The van der Waals surface area contributed by atoms with Crippen LogP contribution in [0, 0.1) is 5.92 Å². The Morgan fingerprint density at radius 3 is 2.93 bits per heavy atom. The maximum absolute atomic E-state index is 11.2. The van der Waals surface area contributed by atoms with Gasteiger partial charge in [-0.25, -0.2) is 0 Å². The van der Waals surface area contributed by atoms with Gasteiger partial charge in [0.25, 0.3) is 0 Å². The second-order valence-electron chi connectivity index (χ2n) is 4.64. The molecule has 15 heavy (non-hydrogen) atoms. The van der Waals surface area contributed by atoms with Crippen LogP contribution >= 0.6 is 0 Å². The molecule has 0 aromatic rings. The van der Waals surface area contributed by atoms with Crippen LogP contribution in [0.2, 0.25) is 0 Å². The number of allylic oxidation sites excluding steroid dienone is 2. The van der Waals surface area contributed by atoms with Crippen LogP contribution in [0.3, 0.4) is 0 Å². The van der Waals surface area contributed by atoms with Crippen LogP contribution in [-0.4, -0.2) is 17.7 Å². The second-order valence-corrected chi connectivity index (χ2v) is 4.64. The standard InChI is InChI=1S/C12H16N2O/c1-8(2)12(3)5-4-9-6-11(15)14-10(9)7-13-12/h4-5,7-8H,6H2,1-3H3,(H,14,15). The van der Waals surface area contributed by atoms with E-state index in [1.54, 1.807) is 6.21 Å². The van der Waals surface area contributed by atoms with Gasteiger partial charge in [0.15, 0.2) is 0 Å². The molecule has 2 aliphatic rings. The van der Waals surface area contributed by atoms with Gasteiger partial charge in [-0.2, -0.15) is 0 Å². The minimum Gasteiger partial charge on any atom is -0.324 e. The molecular formula is C12H16N2O. The van der Waals surface area contributed by atoms with E-state index in [1.807, 2.05) is 6.08 Å². The highest BCUT2D eigenvalue weighted by molar-refractivity contribution is 5.96. The predicted octanol–water partition coefficient (Wildman–Crippen LogP) is 1.82. The third kappa shape index (κ3) is 1.74. The predicted molar refractivity (Wildman–Crippen MR) is 60.7 cm³/mol. The third-order valence-corrected chi connectivity index (χ3v) is 3.23. The van der Waals surface area contributed by atoms with E-state index in [0.29, 0.717) is 12.3 Å². The summed E-state index contributed by atoms with van der Waals surface area (Å²) in [7, 11) is 0. The zero-order valence-corrected chi connectivity index (χ0v) is 9.37. The van der Waals surface area contributed by atoms with Crippen LogP contribution in [0.25, 0.3) is 0 Å². The van der Waals surface area contributed by atoms with Gasteiger partial charge in [-0.1, -0.05) is 26.0 Å². The first kappa shape index (κ1) is 10.1. The molecule has 80 valence electrons. The fourth-order valence-corrected chi connectivity index (χ4v) is 1.66. The number of rotatable bonds is 1. The number of carbonyl (C=O) groups excluding carboxylic acids is 1. The number of aliphatic imine (C=N–C) groups is 1. The molecule has 0 aromatic carbocycles. The molecule has 0 fully saturated rings. The Hall–Kier alpha value is -1.38. The van der Waals surface area contributed by atoms with Crippen LogP contribution in [0.1, 0.15) is 27.2 Å². The number of carbonyl (C=O) groups is 1. The molecule has 1 N–H and O–H groups in total. The highest BCUT2D eigenvalue weighted by atomic mass is 16.1. The first-order chi connectivity index (χ1) is 7.01. The quantitative estimate of drug-likeness (QED) is 0.695. The normalized spacial score (nSPS) is 29.5. The van der Waals surface area contributed by atoms with Crippen LogP contribution < -0.4 is 5.32 Å². The van der Waals surface area contributed by atoms with Gasteiger partial charge >= 0.3 is 0 Å². The number of hydrogen-bond acceptors (Lipinski definition) is 2. The average Bonchev–Trinajstić information content (AvgIpc) is 2.45. The van der Waals surface area contributed by atoms with Crippen molar-refractivity contribution in [1.82, 2.24) is 5.32 Å². The lowest BCUT2D eigenvalue weighted by molar-refractivity contribution is -0.118. The zero-order valence-electron chi connectivity index (χ0n) is 9.37. The van der Waals surface area contributed by atoms with Gasteiger partial charge in [0.2, 0.25) is 5.91 Å². The summed E-state index contributed by atoms with van der Waals surface area (Å²) in [6, 6.07) is 0. The number of nitrogens with one attached hydrogen (secondary N) is 1. The second kappa shape index (κ2) is 3.33. The Bertz CT molecular complexity index is 360. The molecule has 1 atom stereocenters. The highest BCUT2D eigenvalue weighted by Crippen LogP contribution is 2.28. The Morgan fingerprint density at radius 1 is 1.53 bits per heavy atom. The van der Waals surface area contributed by atoms with Crippen LogP contribution in [0.5, 0.6) is 0 Å². The fourth-order valence-electron chi connectivity index (χ4n) is 1.66. The topological polar surface area (TPSA) is 41.5 Å². The zero-order chi connectivity index (χ0) is 11.1. The molecule has 0 spiro atoms. The van der Waals surface area contributed by atoms with Crippen molar-refractivity contribution in [2.24, 2.45) is 10.9 Å². The van der Waals surface area contributed by atoms with Gasteiger partial charge < -0.3 is 5.32 Å². The molecule has 0 saturated heterocycles. The van der Waals surface area contributed by atoms with Crippen molar-refractivity contribution in [1.29, 1.82) is 0 Å². The molecule has 3 nitrogen and oxygen atoms in total. The first-order valence-corrected chi connectivity index (χ1v) is 5.29. The molecular weight excluding hydrogens is 188 g/mol. The Balaban J connectivity index is 2.30. The summed E-state index contributed by atoms with van der Waals surface area (Å²) in [4.78, 5) is 15.7. The lowest BCUT2D eigenvalue weighted by Gasteiger charge is -2.25. The Labute approximate surface area is 90.0 Å². The van der Waals surface area contributed by atoms with Gasteiger partial charge in [-0.3, -0.25) is 9.79 Å². The number of nitrogens with zero attached hydrogens (tertiary/aromatic N) is 1. The summed E-state index contributed by atoms with van der Waals surface area (Å²) in [5.41, 5.74) is 1.75. The van der Waals surface area contributed by atoms with Crippen LogP contribution in [0.4, 0.5) is 0 Å². The van der Waals surface area contributed by atoms with E-state index in [4.69, 9.17) is 0 Å². The monoisotopic (exact) mass is 204 g/mol. The van der Waals surface area contributed by atoms with Crippen molar-refractivity contribution in [3.63, 3.8) is 0 Å². The minimum absolute atomic E-state index is 0.0595. The summed E-state index contributed by atoms with van der Waals surface area (Å²) in [5, 5.41) is 2.81. The lowest BCUT2D eigenvalue weighted by Crippen LogP contribution is -2.27. The number of amides is 1. The molecule has 0 radical (unpaired) electrons. The van der Waals surface area contributed by atoms with Crippen molar-refractivity contribution >= 4 is 12.1 Å². The maximum Gasteiger partial charge on any atom is 0.228 e. The molecule has 1 amide bonds. The van der Waals surface area contributed by atoms with Crippen molar-refractivity contribution in [3.05, 3.63) is 23.4 Å². The summed E-state index contributed by atoms with van der Waals surface area (Å²) in [6.45, 7) is 6.40. The van der Waals surface area contributed by atoms with Gasteiger partial charge in [-0.05, 0) is 18.4 Å². The smallest absolute Gasteiger partial charge is 0.228 e. The number of hydrogen-bond donors (Lipinski definition) is 1. The summed E-state index contributed by atoms with van der Waals surface area (Å²) in [6.07, 6.45) is 6.39. The molecule has 1 unspecified atom stereocenters. The minimum atomic E-state index is -0.158. The van der Waals surface area contributed by atoms with Gasteiger partial charge in [0, 0.05) is 6.21 Å². The molecule has 2 rings (SSSR count). The summed E-state index contributed by atoms with van der Waals surface area (Å²) < 4.78 is 0. The van der Waals surface area contributed by atoms with E-state index >= 15 is 0 Å². The van der Waals surface area contributed by atoms with Crippen molar-refractivity contribution in [2.45, 2.75) is 32.7 Å². The summed E-state index contributed by atoms with van der Waals surface area (Å²) >= 11 is 0. The lowest BCUT2D eigenvalue weighted by atomic mass is 9.88. The molecule has 0 aromatic heterocycles. The maximum atomic E-state index is 11.2. The van der Waals surface area contributed by atoms with E-state index in [1.165, 1.54) is 0 Å². The van der Waals surface area contributed by atoms with Gasteiger partial charge in [0.05, 0.1) is 17.7 Å². The van der Waals surface area contributed by atoms with E-state index in [2.05, 4.69) is 37.2 Å². The SMILES string of the molecule is CC(C)C1(C)C=CC2=C(C=N1)NC(=O)C2. The van der Waals surface area contributed by atoms with Crippen molar-refractivity contribution < 1.29 is 4.79 Å². The molecule has 3 heteroatoms. The van der Waals surface area contributed by atoms with E-state index in [9.17, 15) is 4.79 Å². The highest BCUT2D eigenvalue weighted by Gasteiger charge is 2.27. The Morgan fingerprint density at radius 2 is 2.27 bits per heavy atom. The van der Waals surface area contributed by atoms with Gasteiger partial charge in [-0.15, -0.1) is 0 Å². The molecule has 0 saturated carbocycles. The van der Waals surface area contributed by atoms with Crippen LogP contribution in [-0.2, 0) is 4.79 Å². The molecule has 2 aliphatic heterocycles. The van der Waals surface area contributed by atoms with E-state index in [-0.39, 0.29) is 11.4 Å². The van der Waals surface area contributed by atoms with E-state index < -0.39 is 0 Å². The first-order valence-electron chi connectivity index (χ1n) is 5.29.